The Balaban J connectivity index is 1.10. The number of hydrogen-bond donors (Lipinski definition) is 2. The van der Waals surface area contributed by atoms with Crippen molar-refractivity contribution in [2.24, 2.45) is 0 Å². The molecule has 0 amide bonds. The van der Waals surface area contributed by atoms with Crippen LogP contribution in [0.2, 0.25) is 0 Å². The Hall–Kier alpha value is -3.50. The third-order valence-corrected chi connectivity index (χ3v) is 12.2. The fourth-order valence-electron chi connectivity index (χ4n) is 8.10. The zero-order valence-electron chi connectivity index (χ0n) is 35.6. The summed E-state index contributed by atoms with van der Waals surface area (Å²) in [6, 6.07) is 11.5. The number of ether oxygens (including phenoxy) is 4. The fraction of sp³-hybridized carbons (Fsp3) is 0.682. The van der Waals surface area contributed by atoms with Crippen LogP contribution in [0.25, 0.3) is 5.52 Å². The normalized spacial score (nSPS) is 22.4. The van der Waals surface area contributed by atoms with E-state index in [-0.39, 0.29) is 24.6 Å². The van der Waals surface area contributed by atoms with Gasteiger partial charge in [-0.15, -0.1) is 0 Å². The van der Waals surface area contributed by atoms with Crippen LogP contribution in [0, 0.1) is 28.5 Å². The fourth-order valence-corrected chi connectivity index (χ4v) is 8.89. The molecule has 5 rings (SSSR count). The Labute approximate surface area is 354 Å². The molecule has 0 spiro atoms. The molecule has 2 saturated heterocycles. The van der Waals surface area contributed by atoms with E-state index in [0.717, 1.165) is 31.7 Å². The predicted molar refractivity (Wildman–Crippen MR) is 224 cm³/mol. The molecule has 2 aliphatic rings. The Morgan fingerprint density at radius 2 is 1.55 bits per heavy atom. The number of nitrogens with zero attached hydrogens (tertiary/aromatic N) is 5. The highest BCUT2D eigenvalue weighted by molar-refractivity contribution is 7.47. The number of hydrogen-bond acceptors (Lipinski definition) is 12. The summed E-state index contributed by atoms with van der Waals surface area (Å²) in [4.78, 5) is 14.9. The Kier molecular flexibility index (Phi) is 18.3. The van der Waals surface area contributed by atoms with Crippen molar-refractivity contribution in [1.82, 2.24) is 14.6 Å². The highest BCUT2D eigenvalue weighted by Gasteiger charge is 2.65. The summed E-state index contributed by atoms with van der Waals surface area (Å²) >= 11 is 0. The van der Waals surface area contributed by atoms with Crippen LogP contribution >= 0.6 is 7.82 Å². The zero-order chi connectivity index (χ0) is 43.0. The van der Waals surface area contributed by atoms with E-state index in [2.05, 4.69) is 23.1 Å². The second kappa shape index (κ2) is 23.1. The number of phosphoric acid groups is 1. The summed E-state index contributed by atoms with van der Waals surface area (Å²) in [6.07, 6.45) is 19.6. The first-order valence-corrected chi connectivity index (χ1v) is 23.3. The van der Waals surface area contributed by atoms with E-state index in [1.165, 1.54) is 106 Å². The third kappa shape index (κ3) is 13.8. The van der Waals surface area contributed by atoms with E-state index in [1.54, 1.807) is 26.0 Å². The molecular weight excluding hydrogens is 790 g/mol. The number of nitrogens with two attached hydrogens (primary N) is 1. The molecule has 330 valence electrons. The first-order chi connectivity index (χ1) is 28.9. The minimum absolute atomic E-state index is 0.0377. The highest BCUT2D eigenvalue weighted by Crippen LogP contribution is 2.52. The molecule has 60 heavy (non-hydrogen) atoms. The van der Waals surface area contributed by atoms with E-state index in [0.29, 0.717) is 23.2 Å². The van der Waals surface area contributed by atoms with Crippen molar-refractivity contribution in [3.8, 4) is 12.1 Å². The monoisotopic (exact) mass is 854 g/mol. The standard InChI is InChI=1S/C44H64FN6O8P/c1-4-5-6-7-8-9-10-11-12-13-14-15-16-17-18-19-20-21-36(54-28-34-24-33(27-46)25-35(45)26-34)29-55-60(52,53)56-31-44(30-47)41-40(57-43(2,3)59-41)39(58-44)37-22-23-38-42(48)49-32-50-51(37)38/h22-26,32,36,39-41H,4-21,28-29,31H2,1-3H3,(H,52,53)(H2,48,49,50)/t36-,39+,40+,41+,44-/m1/s1. The maximum atomic E-state index is 14.2. The lowest BCUT2D eigenvalue weighted by Crippen LogP contribution is -2.45. The van der Waals surface area contributed by atoms with E-state index in [4.69, 9.17) is 33.7 Å². The largest absolute Gasteiger partial charge is 0.472 e. The average molecular weight is 855 g/mol. The maximum Gasteiger partial charge on any atom is 0.472 e. The molecule has 16 heteroatoms. The number of fused-ring (bicyclic) bond motifs is 2. The van der Waals surface area contributed by atoms with Crippen LogP contribution in [0.4, 0.5) is 10.2 Å². The quantitative estimate of drug-likeness (QED) is 0.0518. The molecular formula is C44H64FN6O8P. The second-order valence-corrected chi connectivity index (χ2v) is 18.1. The number of rotatable bonds is 28. The molecule has 2 aromatic heterocycles. The Morgan fingerprint density at radius 3 is 2.17 bits per heavy atom. The van der Waals surface area contributed by atoms with Crippen molar-refractivity contribution < 1.29 is 41.8 Å². The summed E-state index contributed by atoms with van der Waals surface area (Å²) in [6.45, 7) is 4.63. The molecule has 3 N–H and O–H groups in total. The SMILES string of the molecule is CCCCCCCCCCCCCCCCCCC[C@H](COP(=O)(O)OC[C@@]1(C#N)O[C@@H](c2ccc3c(N)ncnn23)[C@@H]2OC(C)(C)O[C@@H]21)OCc1cc(F)cc(C#N)c1. The summed E-state index contributed by atoms with van der Waals surface area (Å²) in [5.74, 6) is -1.42. The lowest BCUT2D eigenvalue weighted by atomic mass is 9.96. The van der Waals surface area contributed by atoms with Gasteiger partial charge in [0, 0.05) is 0 Å². The van der Waals surface area contributed by atoms with Crippen LogP contribution in [-0.4, -0.2) is 62.4 Å². The molecule has 2 fully saturated rings. The molecule has 14 nitrogen and oxygen atoms in total. The summed E-state index contributed by atoms with van der Waals surface area (Å²) < 4.78 is 64.8. The number of benzene rings is 1. The van der Waals surface area contributed by atoms with Gasteiger partial charge < -0.3 is 29.6 Å². The molecule has 6 atom stereocenters. The van der Waals surface area contributed by atoms with Gasteiger partial charge in [0.2, 0.25) is 5.60 Å². The van der Waals surface area contributed by atoms with E-state index in [1.807, 2.05) is 6.07 Å². The molecule has 2 aliphatic heterocycles. The first kappa shape index (κ1) is 47.5. The number of nitriles is 2. The van der Waals surface area contributed by atoms with Crippen molar-refractivity contribution in [1.29, 1.82) is 10.5 Å². The summed E-state index contributed by atoms with van der Waals surface area (Å²) in [7, 11) is -4.80. The highest BCUT2D eigenvalue weighted by atomic mass is 31.2. The van der Waals surface area contributed by atoms with Gasteiger partial charge in [0.15, 0.2) is 11.6 Å². The summed E-state index contributed by atoms with van der Waals surface area (Å²) in [5, 5.41) is 24.1. The second-order valence-electron chi connectivity index (χ2n) is 16.6. The molecule has 4 heterocycles. The zero-order valence-corrected chi connectivity index (χ0v) is 36.5. The van der Waals surface area contributed by atoms with Gasteiger partial charge in [0.1, 0.15) is 48.6 Å². The van der Waals surface area contributed by atoms with Gasteiger partial charge in [-0.3, -0.25) is 9.05 Å². The summed E-state index contributed by atoms with van der Waals surface area (Å²) in [5.41, 5.74) is 5.83. The maximum absolute atomic E-state index is 14.2. The van der Waals surface area contributed by atoms with Crippen LogP contribution in [0.3, 0.4) is 0 Å². The molecule has 3 aromatic rings. The molecule has 1 aromatic carbocycles. The van der Waals surface area contributed by atoms with Gasteiger partial charge in [-0.25, -0.2) is 18.5 Å². The first-order valence-electron chi connectivity index (χ1n) is 21.8. The molecule has 0 radical (unpaired) electrons. The lowest BCUT2D eigenvalue weighted by Gasteiger charge is -2.29. The number of unbranched alkanes of at least 4 members (excludes halogenated alkanes) is 16. The van der Waals surface area contributed by atoms with Gasteiger partial charge in [-0.05, 0) is 56.2 Å². The third-order valence-electron chi connectivity index (χ3n) is 11.3. The van der Waals surface area contributed by atoms with E-state index < -0.39 is 56.1 Å². The van der Waals surface area contributed by atoms with Crippen molar-refractivity contribution in [2.75, 3.05) is 18.9 Å². The van der Waals surface area contributed by atoms with Gasteiger partial charge in [0.25, 0.3) is 0 Å². The number of halogens is 1. The number of phosphoric ester groups is 1. The van der Waals surface area contributed by atoms with Gasteiger partial charge >= 0.3 is 7.82 Å². The minimum atomic E-state index is -4.80. The van der Waals surface area contributed by atoms with Gasteiger partial charge in [-0.2, -0.15) is 15.6 Å². The molecule has 1 unspecified atom stereocenters. The van der Waals surface area contributed by atoms with Crippen LogP contribution in [-0.2, 0) is 39.2 Å². The van der Waals surface area contributed by atoms with Crippen molar-refractivity contribution in [3.05, 3.63) is 59.3 Å². The number of nitrogen functional groups attached to an aromatic ring is 1. The number of aromatic nitrogens is 3. The van der Waals surface area contributed by atoms with Gasteiger partial charge in [-0.1, -0.05) is 116 Å². The molecule has 0 bridgehead atoms. The molecule has 0 aliphatic carbocycles. The van der Waals surface area contributed by atoms with Crippen molar-refractivity contribution >= 4 is 19.2 Å². The topological polar surface area (TPSA) is 196 Å². The van der Waals surface area contributed by atoms with E-state index >= 15 is 0 Å². The van der Waals surface area contributed by atoms with E-state index in [9.17, 15) is 24.4 Å². The Morgan fingerprint density at radius 1 is 0.917 bits per heavy atom. The smallest absolute Gasteiger partial charge is 0.382 e. The van der Waals surface area contributed by atoms with Gasteiger partial charge in [0.05, 0.1) is 36.6 Å². The van der Waals surface area contributed by atoms with Crippen molar-refractivity contribution in [2.45, 2.75) is 179 Å². The predicted octanol–water partition coefficient (Wildman–Crippen LogP) is 9.94. The van der Waals surface area contributed by atoms with Crippen molar-refractivity contribution in [3.63, 3.8) is 0 Å². The number of anilines is 1. The average Bonchev–Trinajstić information content (AvgIpc) is 3.89. The molecule has 0 saturated carbocycles. The lowest BCUT2D eigenvalue weighted by molar-refractivity contribution is -0.204. The minimum Gasteiger partial charge on any atom is -0.382 e. The van der Waals surface area contributed by atoms with Crippen LogP contribution < -0.4 is 5.73 Å². The van der Waals surface area contributed by atoms with Crippen LogP contribution in [0.15, 0.2) is 36.7 Å². The Bertz CT molecular complexity index is 1940. The van der Waals surface area contributed by atoms with Crippen LogP contribution in [0.1, 0.15) is 159 Å². The van der Waals surface area contributed by atoms with Crippen LogP contribution in [0.5, 0.6) is 0 Å².